The van der Waals surface area contributed by atoms with E-state index in [9.17, 15) is 9.59 Å². The lowest BCUT2D eigenvalue weighted by molar-refractivity contribution is -0.137. The maximum absolute atomic E-state index is 11.9. The highest BCUT2D eigenvalue weighted by Crippen LogP contribution is 2.08. The van der Waals surface area contributed by atoms with Gasteiger partial charge in [-0.25, -0.2) is 0 Å². The first-order valence-electron chi connectivity index (χ1n) is 5.41. The number of likely N-dealkylation sites (N-methyl/N-ethyl adjacent to an activating group) is 2. The van der Waals surface area contributed by atoms with Crippen LogP contribution in [0.15, 0.2) is 0 Å². The number of hydrogen-bond donors (Lipinski definition) is 2. The Bertz CT molecular complexity index is 237. The molecule has 0 saturated carbocycles. The lowest BCUT2D eigenvalue weighted by Crippen LogP contribution is -2.47. The van der Waals surface area contributed by atoms with E-state index in [2.05, 4.69) is 10.6 Å². The molecule has 1 heterocycles. The molecule has 15 heavy (non-hydrogen) atoms. The zero-order valence-corrected chi connectivity index (χ0v) is 9.38. The zero-order valence-electron chi connectivity index (χ0n) is 9.38. The highest BCUT2D eigenvalue weighted by Gasteiger charge is 2.26. The van der Waals surface area contributed by atoms with Gasteiger partial charge in [0.05, 0.1) is 12.6 Å². The highest BCUT2D eigenvalue weighted by atomic mass is 16.2. The molecule has 0 unspecified atom stereocenters. The van der Waals surface area contributed by atoms with E-state index in [4.69, 9.17) is 0 Å². The Labute approximate surface area is 90.2 Å². The van der Waals surface area contributed by atoms with Crippen molar-refractivity contribution in [3.8, 4) is 0 Å². The molecule has 1 atom stereocenters. The normalized spacial score (nSPS) is 20.0. The Balaban J connectivity index is 2.49. The van der Waals surface area contributed by atoms with E-state index in [1.807, 2.05) is 6.92 Å². The van der Waals surface area contributed by atoms with E-state index in [1.165, 1.54) is 0 Å². The summed E-state index contributed by atoms with van der Waals surface area (Å²) < 4.78 is 0. The van der Waals surface area contributed by atoms with Crippen LogP contribution in [0.2, 0.25) is 0 Å². The number of rotatable bonds is 4. The summed E-state index contributed by atoms with van der Waals surface area (Å²) >= 11 is 0. The molecule has 2 amide bonds. The Morgan fingerprint density at radius 2 is 2.27 bits per heavy atom. The fraction of sp³-hybridized carbons (Fsp3) is 0.800. The third-order valence-corrected chi connectivity index (χ3v) is 2.67. The summed E-state index contributed by atoms with van der Waals surface area (Å²) in [6.07, 6.45) is 1.91. The van der Waals surface area contributed by atoms with Gasteiger partial charge in [-0.15, -0.1) is 0 Å². The topological polar surface area (TPSA) is 61.4 Å². The van der Waals surface area contributed by atoms with Crippen LogP contribution in [0.1, 0.15) is 19.8 Å². The minimum Gasteiger partial charge on any atom is -0.358 e. The summed E-state index contributed by atoms with van der Waals surface area (Å²) in [5.41, 5.74) is 0. The molecule has 1 fully saturated rings. The first-order chi connectivity index (χ1) is 7.19. The molecule has 0 radical (unpaired) electrons. The van der Waals surface area contributed by atoms with Crippen molar-refractivity contribution >= 4 is 11.8 Å². The van der Waals surface area contributed by atoms with E-state index in [0.29, 0.717) is 6.54 Å². The molecule has 0 aromatic heterocycles. The molecule has 0 aliphatic carbocycles. The average Bonchev–Trinajstić information content (AvgIpc) is 2.77. The van der Waals surface area contributed by atoms with Crippen LogP contribution in [-0.2, 0) is 9.59 Å². The van der Waals surface area contributed by atoms with Gasteiger partial charge in [-0.3, -0.25) is 9.59 Å². The summed E-state index contributed by atoms with van der Waals surface area (Å²) in [5, 5.41) is 5.66. The van der Waals surface area contributed by atoms with E-state index < -0.39 is 0 Å². The van der Waals surface area contributed by atoms with Crippen LogP contribution in [0.3, 0.4) is 0 Å². The van der Waals surface area contributed by atoms with Crippen LogP contribution in [0.4, 0.5) is 0 Å². The van der Waals surface area contributed by atoms with Crippen molar-refractivity contribution in [3.05, 3.63) is 0 Å². The maximum atomic E-state index is 11.9. The minimum atomic E-state index is -0.122. The number of nitrogens with zero attached hydrogens (tertiary/aromatic N) is 1. The summed E-state index contributed by atoms with van der Waals surface area (Å²) in [5.74, 6) is -0.0817. The highest BCUT2D eigenvalue weighted by molar-refractivity contribution is 5.87. The Kier molecular flexibility index (Phi) is 4.55. The van der Waals surface area contributed by atoms with E-state index in [0.717, 1.165) is 19.4 Å². The summed E-state index contributed by atoms with van der Waals surface area (Å²) in [6.45, 7) is 3.51. The summed E-state index contributed by atoms with van der Waals surface area (Å²) in [6, 6.07) is -0.0883. The van der Waals surface area contributed by atoms with Crippen LogP contribution < -0.4 is 10.6 Å². The predicted octanol–water partition coefficient (Wildman–Crippen LogP) is -0.667. The lowest BCUT2D eigenvalue weighted by Gasteiger charge is -2.23. The van der Waals surface area contributed by atoms with Gasteiger partial charge < -0.3 is 15.5 Å². The largest absolute Gasteiger partial charge is 0.358 e. The molecule has 1 rings (SSSR count). The Morgan fingerprint density at radius 1 is 1.53 bits per heavy atom. The van der Waals surface area contributed by atoms with Gasteiger partial charge in [-0.1, -0.05) is 0 Å². The standard InChI is InChI=1S/C10H19N3O2/c1-3-13(7-9(14)11-2)10(15)8-5-4-6-12-8/h8,12H,3-7H2,1-2H3,(H,11,14)/t8-/m0/s1. The monoisotopic (exact) mass is 213 g/mol. The number of amides is 2. The molecular weight excluding hydrogens is 194 g/mol. The fourth-order valence-electron chi connectivity index (χ4n) is 1.71. The van der Waals surface area contributed by atoms with Crippen LogP contribution in [-0.4, -0.2) is 49.4 Å². The van der Waals surface area contributed by atoms with Gasteiger partial charge in [-0.05, 0) is 26.3 Å². The van der Waals surface area contributed by atoms with Gasteiger partial charge >= 0.3 is 0 Å². The van der Waals surface area contributed by atoms with Crippen molar-refractivity contribution in [3.63, 3.8) is 0 Å². The second-order valence-corrected chi connectivity index (χ2v) is 3.67. The summed E-state index contributed by atoms with van der Waals surface area (Å²) in [7, 11) is 1.58. The number of nitrogens with one attached hydrogen (secondary N) is 2. The zero-order chi connectivity index (χ0) is 11.3. The van der Waals surface area contributed by atoms with Crippen LogP contribution in [0.5, 0.6) is 0 Å². The molecule has 0 spiro atoms. The first-order valence-corrected chi connectivity index (χ1v) is 5.41. The second kappa shape index (κ2) is 5.70. The van der Waals surface area contributed by atoms with Crippen LogP contribution in [0, 0.1) is 0 Å². The van der Waals surface area contributed by atoms with Crippen molar-refractivity contribution in [2.75, 3.05) is 26.7 Å². The van der Waals surface area contributed by atoms with Gasteiger partial charge in [-0.2, -0.15) is 0 Å². The Hall–Kier alpha value is -1.10. The van der Waals surface area contributed by atoms with Crippen molar-refractivity contribution in [1.82, 2.24) is 15.5 Å². The molecule has 1 saturated heterocycles. The van der Waals surface area contributed by atoms with E-state index in [-0.39, 0.29) is 24.4 Å². The third kappa shape index (κ3) is 3.20. The fourth-order valence-corrected chi connectivity index (χ4v) is 1.71. The molecular formula is C10H19N3O2. The molecule has 0 aromatic rings. The molecule has 0 bridgehead atoms. The third-order valence-electron chi connectivity index (χ3n) is 2.67. The van der Waals surface area contributed by atoms with Gasteiger partial charge in [0.25, 0.3) is 0 Å². The van der Waals surface area contributed by atoms with Crippen molar-refractivity contribution in [1.29, 1.82) is 0 Å². The van der Waals surface area contributed by atoms with Crippen LogP contribution in [0.25, 0.3) is 0 Å². The van der Waals surface area contributed by atoms with Crippen LogP contribution >= 0.6 is 0 Å². The van der Waals surface area contributed by atoms with Crippen molar-refractivity contribution in [2.24, 2.45) is 0 Å². The molecule has 2 N–H and O–H groups in total. The summed E-state index contributed by atoms with van der Waals surface area (Å²) in [4.78, 5) is 24.7. The van der Waals surface area contributed by atoms with Gasteiger partial charge in [0, 0.05) is 13.6 Å². The van der Waals surface area contributed by atoms with E-state index >= 15 is 0 Å². The molecule has 86 valence electrons. The average molecular weight is 213 g/mol. The molecule has 5 nitrogen and oxygen atoms in total. The quantitative estimate of drug-likeness (QED) is 0.651. The van der Waals surface area contributed by atoms with E-state index in [1.54, 1.807) is 11.9 Å². The molecule has 1 aliphatic heterocycles. The number of hydrogen-bond acceptors (Lipinski definition) is 3. The lowest BCUT2D eigenvalue weighted by atomic mass is 10.2. The Morgan fingerprint density at radius 3 is 2.73 bits per heavy atom. The molecule has 5 heteroatoms. The van der Waals surface area contributed by atoms with Crippen molar-refractivity contribution in [2.45, 2.75) is 25.8 Å². The maximum Gasteiger partial charge on any atom is 0.240 e. The second-order valence-electron chi connectivity index (χ2n) is 3.67. The van der Waals surface area contributed by atoms with Crippen molar-refractivity contribution < 1.29 is 9.59 Å². The van der Waals surface area contributed by atoms with Gasteiger partial charge in [0.1, 0.15) is 0 Å². The molecule has 0 aromatic carbocycles. The number of carbonyl (C=O) groups is 2. The molecule has 1 aliphatic rings. The predicted molar refractivity (Wildman–Crippen MR) is 57.3 cm³/mol. The smallest absolute Gasteiger partial charge is 0.240 e. The number of carbonyl (C=O) groups excluding carboxylic acids is 2. The van der Waals surface area contributed by atoms with Gasteiger partial charge in [0.15, 0.2) is 0 Å². The SMILES string of the molecule is CCN(CC(=O)NC)C(=O)[C@@H]1CCCN1. The first kappa shape index (κ1) is 12.0. The minimum absolute atomic E-state index is 0.0404. The van der Waals surface area contributed by atoms with Gasteiger partial charge in [0.2, 0.25) is 11.8 Å².